The van der Waals surface area contributed by atoms with Gasteiger partial charge in [-0.05, 0) is 23.6 Å². The van der Waals surface area contributed by atoms with E-state index < -0.39 is 12.2 Å². The maximum atomic E-state index is 9.74. The van der Waals surface area contributed by atoms with Crippen molar-refractivity contribution in [2.75, 3.05) is 6.61 Å². The third kappa shape index (κ3) is 3.16. The number of hydrogen-bond acceptors (Lipinski definition) is 3. The van der Waals surface area contributed by atoms with Gasteiger partial charge in [-0.25, -0.2) is 0 Å². The Morgan fingerprint density at radius 2 is 2.07 bits per heavy atom. The summed E-state index contributed by atoms with van der Waals surface area (Å²) in [6.45, 7) is 3.49. The van der Waals surface area contributed by atoms with Crippen molar-refractivity contribution in [2.45, 2.75) is 18.6 Å². The molecule has 1 aromatic carbocycles. The van der Waals surface area contributed by atoms with E-state index in [0.717, 1.165) is 5.56 Å². The van der Waals surface area contributed by atoms with Gasteiger partial charge in [0.2, 0.25) is 0 Å². The monoisotopic (exact) mass is 208 g/mol. The van der Waals surface area contributed by atoms with Gasteiger partial charge in [-0.1, -0.05) is 30.9 Å². The molecule has 1 rings (SSSR count). The zero-order valence-corrected chi connectivity index (χ0v) is 8.50. The van der Waals surface area contributed by atoms with Crippen LogP contribution in [0.4, 0.5) is 0 Å². The zero-order valence-electron chi connectivity index (χ0n) is 8.50. The Balaban J connectivity index is 2.80. The van der Waals surface area contributed by atoms with E-state index in [4.69, 9.17) is 5.11 Å². The SMILES string of the molecule is C=Cc1cccc(C(O)C(O)CCO)c1. The van der Waals surface area contributed by atoms with Crippen molar-refractivity contribution in [1.82, 2.24) is 0 Å². The van der Waals surface area contributed by atoms with Crippen LogP contribution < -0.4 is 0 Å². The Morgan fingerprint density at radius 1 is 1.33 bits per heavy atom. The highest BCUT2D eigenvalue weighted by Gasteiger charge is 2.17. The lowest BCUT2D eigenvalue weighted by molar-refractivity contribution is 0.00421. The average Bonchev–Trinajstić information content (AvgIpc) is 2.28. The van der Waals surface area contributed by atoms with Crippen molar-refractivity contribution in [2.24, 2.45) is 0 Å². The molecule has 15 heavy (non-hydrogen) atoms. The summed E-state index contributed by atoms with van der Waals surface area (Å²) in [4.78, 5) is 0. The molecule has 1 aromatic rings. The molecule has 0 aliphatic carbocycles. The third-order valence-electron chi connectivity index (χ3n) is 2.28. The molecule has 0 aliphatic rings. The predicted octanol–water partition coefficient (Wildman–Crippen LogP) is 1.11. The molecule has 0 fully saturated rings. The van der Waals surface area contributed by atoms with Gasteiger partial charge >= 0.3 is 0 Å². The predicted molar refractivity (Wildman–Crippen MR) is 59.2 cm³/mol. The fourth-order valence-corrected chi connectivity index (χ4v) is 1.38. The minimum absolute atomic E-state index is 0.140. The summed E-state index contributed by atoms with van der Waals surface area (Å²) in [5.74, 6) is 0. The summed E-state index contributed by atoms with van der Waals surface area (Å²) < 4.78 is 0. The first-order valence-corrected chi connectivity index (χ1v) is 4.88. The van der Waals surface area contributed by atoms with Crippen LogP contribution in [-0.2, 0) is 0 Å². The first kappa shape index (κ1) is 11.9. The summed E-state index contributed by atoms with van der Waals surface area (Å²) in [6, 6.07) is 7.15. The first-order valence-electron chi connectivity index (χ1n) is 4.88. The van der Waals surface area contributed by atoms with Gasteiger partial charge in [0.05, 0.1) is 6.10 Å². The topological polar surface area (TPSA) is 60.7 Å². The summed E-state index contributed by atoms with van der Waals surface area (Å²) in [5, 5.41) is 27.9. The smallest absolute Gasteiger partial charge is 0.105 e. The van der Waals surface area contributed by atoms with E-state index in [2.05, 4.69) is 6.58 Å². The van der Waals surface area contributed by atoms with Crippen molar-refractivity contribution in [1.29, 1.82) is 0 Å². The molecule has 0 spiro atoms. The van der Waals surface area contributed by atoms with Crippen molar-refractivity contribution >= 4 is 6.08 Å². The number of aliphatic hydroxyl groups is 3. The van der Waals surface area contributed by atoms with Gasteiger partial charge in [-0.2, -0.15) is 0 Å². The van der Waals surface area contributed by atoms with Gasteiger partial charge in [-0.3, -0.25) is 0 Å². The molecule has 0 bridgehead atoms. The first-order chi connectivity index (χ1) is 7.19. The van der Waals surface area contributed by atoms with Gasteiger partial charge in [0, 0.05) is 6.61 Å². The van der Waals surface area contributed by atoms with Crippen LogP contribution in [0.15, 0.2) is 30.8 Å². The second-order valence-electron chi connectivity index (χ2n) is 3.40. The molecular weight excluding hydrogens is 192 g/mol. The molecule has 0 aromatic heterocycles. The summed E-state index contributed by atoms with van der Waals surface area (Å²) >= 11 is 0. The third-order valence-corrected chi connectivity index (χ3v) is 2.28. The molecule has 82 valence electrons. The standard InChI is InChI=1S/C12H16O3/c1-2-9-4-3-5-10(8-9)12(15)11(14)6-7-13/h2-5,8,11-15H,1,6-7H2. The van der Waals surface area contributed by atoms with Gasteiger partial charge in [-0.15, -0.1) is 0 Å². The number of rotatable bonds is 5. The lowest BCUT2D eigenvalue weighted by atomic mass is 10.0. The second kappa shape index (κ2) is 5.66. The van der Waals surface area contributed by atoms with Gasteiger partial charge in [0.15, 0.2) is 0 Å². The van der Waals surface area contributed by atoms with Crippen LogP contribution in [0.3, 0.4) is 0 Å². The van der Waals surface area contributed by atoms with Crippen LogP contribution in [0.5, 0.6) is 0 Å². The average molecular weight is 208 g/mol. The fourth-order valence-electron chi connectivity index (χ4n) is 1.38. The Labute approximate surface area is 89.3 Å². The lowest BCUT2D eigenvalue weighted by Crippen LogP contribution is -2.19. The van der Waals surface area contributed by atoms with Crippen molar-refractivity contribution in [3.63, 3.8) is 0 Å². The van der Waals surface area contributed by atoms with Crippen molar-refractivity contribution in [3.05, 3.63) is 42.0 Å². The van der Waals surface area contributed by atoms with E-state index in [-0.39, 0.29) is 13.0 Å². The largest absolute Gasteiger partial charge is 0.396 e. The Kier molecular flexibility index (Phi) is 4.49. The summed E-state index contributed by atoms with van der Waals surface area (Å²) in [7, 11) is 0. The molecule has 0 heterocycles. The van der Waals surface area contributed by atoms with Crippen molar-refractivity contribution < 1.29 is 15.3 Å². The van der Waals surface area contributed by atoms with E-state index in [0.29, 0.717) is 5.56 Å². The molecule has 2 unspecified atom stereocenters. The van der Waals surface area contributed by atoms with Crippen LogP contribution in [-0.4, -0.2) is 28.0 Å². The minimum Gasteiger partial charge on any atom is -0.396 e. The molecule has 2 atom stereocenters. The quantitative estimate of drug-likeness (QED) is 0.679. The van der Waals surface area contributed by atoms with E-state index >= 15 is 0 Å². The molecule has 0 saturated carbocycles. The molecule has 3 nitrogen and oxygen atoms in total. The number of benzene rings is 1. The second-order valence-corrected chi connectivity index (χ2v) is 3.40. The van der Waals surface area contributed by atoms with Gasteiger partial charge in [0.1, 0.15) is 6.10 Å². The van der Waals surface area contributed by atoms with E-state index in [1.165, 1.54) is 0 Å². The summed E-state index contributed by atoms with van der Waals surface area (Å²) in [5.41, 5.74) is 1.52. The maximum Gasteiger partial charge on any atom is 0.105 e. The highest BCUT2D eigenvalue weighted by molar-refractivity contribution is 5.48. The van der Waals surface area contributed by atoms with Crippen LogP contribution in [0, 0.1) is 0 Å². The highest BCUT2D eigenvalue weighted by Crippen LogP contribution is 2.20. The van der Waals surface area contributed by atoms with Crippen LogP contribution in [0.2, 0.25) is 0 Å². The van der Waals surface area contributed by atoms with Crippen LogP contribution >= 0.6 is 0 Å². The van der Waals surface area contributed by atoms with E-state index in [1.54, 1.807) is 24.3 Å². The Morgan fingerprint density at radius 3 is 2.67 bits per heavy atom. The summed E-state index contributed by atoms with van der Waals surface area (Å²) in [6.07, 6.45) is -0.0548. The Bertz CT molecular complexity index is 322. The molecule has 3 N–H and O–H groups in total. The van der Waals surface area contributed by atoms with Gasteiger partial charge in [0.25, 0.3) is 0 Å². The number of aliphatic hydroxyl groups excluding tert-OH is 3. The molecular formula is C12H16O3. The Hall–Kier alpha value is -1.16. The highest BCUT2D eigenvalue weighted by atomic mass is 16.3. The van der Waals surface area contributed by atoms with E-state index in [1.807, 2.05) is 6.07 Å². The lowest BCUT2D eigenvalue weighted by Gasteiger charge is -2.17. The molecule has 3 heteroatoms. The van der Waals surface area contributed by atoms with Gasteiger partial charge < -0.3 is 15.3 Å². The van der Waals surface area contributed by atoms with Crippen molar-refractivity contribution in [3.8, 4) is 0 Å². The normalized spacial score (nSPS) is 14.6. The molecule has 0 radical (unpaired) electrons. The minimum atomic E-state index is -0.961. The molecule has 0 aliphatic heterocycles. The van der Waals surface area contributed by atoms with Crippen LogP contribution in [0.1, 0.15) is 23.7 Å². The molecule has 0 saturated heterocycles. The van der Waals surface area contributed by atoms with E-state index in [9.17, 15) is 10.2 Å². The zero-order chi connectivity index (χ0) is 11.3. The number of hydrogen-bond donors (Lipinski definition) is 3. The fraction of sp³-hybridized carbons (Fsp3) is 0.333. The maximum absolute atomic E-state index is 9.74. The molecule has 0 amide bonds. The van der Waals surface area contributed by atoms with Crippen LogP contribution in [0.25, 0.3) is 6.08 Å².